The molecule has 0 unspecified atom stereocenters. The average molecular weight is 226 g/mol. The number of rotatable bonds is 2. The fourth-order valence-corrected chi connectivity index (χ4v) is 1.66. The van der Waals surface area contributed by atoms with Gasteiger partial charge in [-0.2, -0.15) is 5.26 Å². The second-order valence-electron chi connectivity index (χ2n) is 3.70. The van der Waals surface area contributed by atoms with Gasteiger partial charge in [-0.1, -0.05) is 24.3 Å². The van der Waals surface area contributed by atoms with Crippen LogP contribution in [0.1, 0.15) is 11.1 Å². The van der Waals surface area contributed by atoms with Gasteiger partial charge in [0.05, 0.1) is 11.6 Å². The fourth-order valence-electron chi connectivity index (χ4n) is 1.66. The lowest BCUT2D eigenvalue weighted by Crippen LogP contribution is -1.99. The zero-order chi connectivity index (χ0) is 12.3. The second-order valence-corrected chi connectivity index (χ2v) is 3.70. The molecule has 0 heterocycles. The van der Waals surface area contributed by atoms with Crippen LogP contribution < -0.4 is 5.73 Å². The molecule has 2 aromatic carbocycles. The van der Waals surface area contributed by atoms with E-state index in [1.807, 2.05) is 12.1 Å². The summed E-state index contributed by atoms with van der Waals surface area (Å²) in [6.45, 7) is 0.185. The predicted octanol–water partition coefficient (Wildman–Crippen LogP) is 2.82. The lowest BCUT2D eigenvalue weighted by Gasteiger charge is -2.05. The molecule has 0 saturated carbocycles. The minimum atomic E-state index is -0.313. The SMILES string of the molecule is N#Cc1cccc(-c2ccc(CN)c(F)c2)c1. The molecule has 2 N–H and O–H groups in total. The summed E-state index contributed by atoms with van der Waals surface area (Å²) in [5.74, 6) is -0.313. The fraction of sp³-hybridized carbons (Fsp3) is 0.0714. The number of nitrogens with two attached hydrogens (primary N) is 1. The number of nitriles is 1. The van der Waals surface area contributed by atoms with Crippen molar-refractivity contribution < 1.29 is 4.39 Å². The van der Waals surface area contributed by atoms with E-state index in [-0.39, 0.29) is 12.4 Å². The monoisotopic (exact) mass is 226 g/mol. The van der Waals surface area contributed by atoms with E-state index in [1.54, 1.807) is 24.3 Å². The molecule has 2 rings (SSSR count). The van der Waals surface area contributed by atoms with Crippen molar-refractivity contribution in [1.29, 1.82) is 5.26 Å². The van der Waals surface area contributed by atoms with E-state index in [9.17, 15) is 4.39 Å². The Morgan fingerprint density at radius 3 is 2.53 bits per heavy atom. The summed E-state index contributed by atoms with van der Waals surface area (Å²) in [5.41, 5.74) is 8.03. The molecule has 0 fully saturated rings. The molecular weight excluding hydrogens is 215 g/mol. The Balaban J connectivity index is 2.46. The minimum Gasteiger partial charge on any atom is -0.326 e. The maximum absolute atomic E-state index is 13.6. The Bertz CT molecular complexity index is 585. The number of hydrogen-bond donors (Lipinski definition) is 1. The highest BCUT2D eigenvalue weighted by Crippen LogP contribution is 2.22. The third-order valence-electron chi connectivity index (χ3n) is 2.60. The van der Waals surface area contributed by atoms with Gasteiger partial charge in [-0.25, -0.2) is 4.39 Å². The Morgan fingerprint density at radius 1 is 1.12 bits per heavy atom. The van der Waals surface area contributed by atoms with Gasteiger partial charge in [0.1, 0.15) is 5.82 Å². The van der Waals surface area contributed by atoms with Crippen LogP contribution in [-0.4, -0.2) is 0 Å². The van der Waals surface area contributed by atoms with Crippen LogP contribution in [-0.2, 0) is 6.54 Å². The second kappa shape index (κ2) is 4.77. The number of hydrogen-bond acceptors (Lipinski definition) is 2. The van der Waals surface area contributed by atoms with Crippen molar-refractivity contribution in [2.24, 2.45) is 5.73 Å². The molecular formula is C14H11FN2. The third-order valence-corrected chi connectivity index (χ3v) is 2.60. The summed E-state index contributed by atoms with van der Waals surface area (Å²) in [4.78, 5) is 0. The van der Waals surface area contributed by atoms with Gasteiger partial charge in [0.25, 0.3) is 0 Å². The molecule has 2 nitrogen and oxygen atoms in total. The van der Waals surface area contributed by atoms with Crippen LogP contribution in [0.15, 0.2) is 42.5 Å². The summed E-state index contributed by atoms with van der Waals surface area (Å²) in [7, 11) is 0. The number of nitrogens with zero attached hydrogens (tertiary/aromatic N) is 1. The van der Waals surface area contributed by atoms with E-state index in [2.05, 4.69) is 6.07 Å². The van der Waals surface area contributed by atoms with Crippen LogP contribution >= 0.6 is 0 Å². The summed E-state index contributed by atoms with van der Waals surface area (Å²) >= 11 is 0. The molecule has 0 atom stereocenters. The highest BCUT2D eigenvalue weighted by molar-refractivity contribution is 5.65. The first-order chi connectivity index (χ1) is 8.24. The summed E-state index contributed by atoms with van der Waals surface area (Å²) in [5, 5.41) is 8.81. The maximum atomic E-state index is 13.6. The largest absolute Gasteiger partial charge is 0.326 e. The Labute approximate surface area is 99.1 Å². The molecule has 0 aliphatic rings. The molecule has 17 heavy (non-hydrogen) atoms. The molecule has 0 bridgehead atoms. The lowest BCUT2D eigenvalue weighted by atomic mass is 10.0. The van der Waals surface area contributed by atoms with Crippen molar-refractivity contribution in [3.8, 4) is 17.2 Å². The van der Waals surface area contributed by atoms with Crippen LogP contribution in [0.5, 0.6) is 0 Å². The van der Waals surface area contributed by atoms with Crippen LogP contribution in [0.3, 0.4) is 0 Å². The van der Waals surface area contributed by atoms with Crippen molar-refractivity contribution in [2.75, 3.05) is 0 Å². The first-order valence-electron chi connectivity index (χ1n) is 5.23. The van der Waals surface area contributed by atoms with Gasteiger partial charge in [-0.3, -0.25) is 0 Å². The van der Waals surface area contributed by atoms with E-state index in [4.69, 9.17) is 11.0 Å². The summed E-state index contributed by atoms with van der Waals surface area (Å²) in [6, 6.07) is 14.1. The van der Waals surface area contributed by atoms with E-state index >= 15 is 0 Å². The first kappa shape index (κ1) is 11.3. The van der Waals surface area contributed by atoms with Crippen molar-refractivity contribution in [3.05, 3.63) is 59.4 Å². The molecule has 84 valence electrons. The molecule has 0 saturated heterocycles. The first-order valence-corrected chi connectivity index (χ1v) is 5.23. The Morgan fingerprint density at radius 2 is 1.88 bits per heavy atom. The molecule has 3 heteroatoms. The zero-order valence-corrected chi connectivity index (χ0v) is 9.15. The van der Waals surface area contributed by atoms with Gasteiger partial charge in [0.15, 0.2) is 0 Å². The Kier molecular flexibility index (Phi) is 3.17. The highest BCUT2D eigenvalue weighted by Gasteiger charge is 2.04. The topological polar surface area (TPSA) is 49.8 Å². The van der Waals surface area contributed by atoms with Crippen molar-refractivity contribution >= 4 is 0 Å². The highest BCUT2D eigenvalue weighted by atomic mass is 19.1. The molecule has 0 aliphatic heterocycles. The van der Waals surface area contributed by atoms with Gasteiger partial charge < -0.3 is 5.73 Å². The molecule has 0 aliphatic carbocycles. The van der Waals surface area contributed by atoms with Crippen molar-refractivity contribution in [3.63, 3.8) is 0 Å². The van der Waals surface area contributed by atoms with Gasteiger partial charge in [-0.15, -0.1) is 0 Å². The predicted molar refractivity (Wildman–Crippen MR) is 64.4 cm³/mol. The zero-order valence-electron chi connectivity index (χ0n) is 9.15. The lowest BCUT2D eigenvalue weighted by molar-refractivity contribution is 0.611. The van der Waals surface area contributed by atoms with Gasteiger partial charge in [0, 0.05) is 12.1 Å². The van der Waals surface area contributed by atoms with Crippen molar-refractivity contribution in [2.45, 2.75) is 6.54 Å². The average Bonchev–Trinajstić information content (AvgIpc) is 2.38. The standard InChI is InChI=1S/C14H11FN2/c15-14-7-12(4-5-13(14)9-17)11-3-1-2-10(6-11)8-16/h1-7H,9,17H2. The molecule has 0 aromatic heterocycles. The van der Waals surface area contributed by atoms with Gasteiger partial charge in [0.2, 0.25) is 0 Å². The van der Waals surface area contributed by atoms with Crippen LogP contribution in [0.2, 0.25) is 0 Å². The van der Waals surface area contributed by atoms with Crippen molar-refractivity contribution in [1.82, 2.24) is 0 Å². The molecule has 2 aromatic rings. The summed E-state index contributed by atoms with van der Waals surface area (Å²) in [6.07, 6.45) is 0. The molecule has 0 amide bonds. The van der Waals surface area contributed by atoms with Gasteiger partial charge >= 0.3 is 0 Å². The minimum absolute atomic E-state index is 0.185. The number of halogens is 1. The van der Waals surface area contributed by atoms with Gasteiger partial charge in [-0.05, 0) is 29.3 Å². The third kappa shape index (κ3) is 2.32. The van der Waals surface area contributed by atoms with E-state index in [0.717, 1.165) is 11.1 Å². The smallest absolute Gasteiger partial charge is 0.128 e. The number of benzene rings is 2. The summed E-state index contributed by atoms with van der Waals surface area (Å²) < 4.78 is 13.6. The quantitative estimate of drug-likeness (QED) is 0.856. The van der Waals surface area contributed by atoms with E-state index in [1.165, 1.54) is 6.07 Å². The molecule has 0 spiro atoms. The maximum Gasteiger partial charge on any atom is 0.128 e. The van der Waals surface area contributed by atoms with Crippen LogP contribution in [0.4, 0.5) is 4.39 Å². The van der Waals surface area contributed by atoms with Crippen LogP contribution in [0, 0.1) is 17.1 Å². The van der Waals surface area contributed by atoms with E-state index in [0.29, 0.717) is 11.1 Å². The van der Waals surface area contributed by atoms with Crippen LogP contribution in [0.25, 0.3) is 11.1 Å². The Hall–Kier alpha value is -2.18. The molecule has 0 radical (unpaired) electrons. The normalized spacial score (nSPS) is 9.94. The van der Waals surface area contributed by atoms with E-state index < -0.39 is 0 Å².